The number of hydrogen-bond donors (Lipinski definition) is 2. The summed E-state index contributed by atoms with van der Waals surface area (Å²) in [6.45, 7) is 5.53. The van der Waals surface area contributed by atoms with Gasteiger partial charge in [-0.05, 0) is 41.9 Å². The Balaban J connectivity index is 2.61. The first-order chi connectivity index (χ1) is 11.6. The second-order valence-electron chi connectivity index (χ2n) is 6.70. The number of halogens is 2. The number of allylic oxidation sites excluding steroid dienone is 6. The standard InChI is InChI=1S/C19H20Cl2O4/c1-4-10(17(22)23)11-7-5-6-8-12(11)15(18(24)25)16-13(9-14(20)21)19(16,2)3/h4-7,9,13,16H,8H2,1-3H3,(H,22,23)(H,24,25). The molecule has 0 spiro atoms. The molecule has 2 rings (SSSR count). The molecule has 134 valence electrons. The monoisotopic (exact) mass is 382 g/mol. The first-order valence-corrected chi connectivity index (χ1v) is 8.64. The Hall–Kier alpha value is -1.78. The third kappa shape index (κ3) is 3.75. The Bertz CT molecular complexity index is 762. The summed E-state index contributed by atoms with van der Waals surface area (Å²) in [5.74, 6) is -2.52. The Kier molecular flexibility index (Phi) is 5.65. The van der Waals surface area contributed by atoms with Crippen LogP contribution >= 0.6 is 23.2 Å². The second-order valence-corrected chi connectivity index (χ2v) is 7.71. The van der Waals surface area contributed by atoms with E-state index in [0.29, 0.717) is 17.6 Å². The quantitative estimate of drug-likeness (QED) is 0.664. The first kappa shape index (κ1) is 19.5. The smallest absolute Gasteiger partial charge is 0.335 e. The lowest BCUT2D eigenvalue weighted by Crippen LogP contribution is -2.15. The van der Waals surface area contributed by atoms with Gasteiger partial charge in [-0.15, -0.1) is 0 Å². The molecule has 0 aromatic rings. The number of carboxylic acids is 2. The number of carbonyl (C=O) groups is 2. The molecule has 2 atom stereocenters. The molecule has 2 aliphatic rings. The van der Waals surface area contributed by atoms with E-state index in [1.165, 1.54) is 6.08 Å². The zero-order chi connectivity index (χ0) is 18.9. The molecule has 0 aromatic heterocycles. The van der Waals surface area contributed by atoms with Gasteiger partial charge in [-0.2, -0.15) is 0 Å². The van der Waals surface area contributed by atoms with Crippen LogP contribution < -0.4 is 0 Å². The van der Waals surface area contributed by atoms with Crippen LogP contribution in [0.5, 0.6) is 0 Å². The average molecular weight is 383 g/mol. The van der Waals surface area contributed by atoms with Crippen LogP contribution in [0.25, 0.3) is 0 Å². The van der Waals surface area contributed by atoms with Gasteiger partial charge < -0.3 is 10.2 Å². The fourth-order valence-electron chi connectivity index (χ4n) is 3.59. The van der Waals surface area contributed by atoms with Crippen molar-refractivity contribution in [1.82, 2.24) is 0 Å². The van der Waals surface area contributed by atoms with E-state index in [0.717, 1.165) is 0 Å². The largest absolute Gasteiger partial charge is 0.478 e. The molecule has 2 unspecified atom stereocenters. The minimum absolute atomic E-state index is 0.0963. The van der Waals surface area contributed by atoms with E-state index in [1.807, 2.05) is 19.9 Å². The maximum atomic E-state index is 12.1. The van der Waals surface area contributed by atoms with Crippen LogP contribution in [0, 0.1) is 17.3 Å². The third-order valence-corrected chi connectivity index (χ3v) is 5.19. The van der Waals surface area contributed by atoms with E-state index >= 15 is 0 Å². The molecule has 25 heavy (non-hydrogen) atoms. The number of carboxylic acid groups (broad SMARTS) is 2. The normalized spacial score (nSPS) is 26.6. The van der Waals surface area contributed by atoms with Crippen LogP contribution in [0.15, 0.2) is 57.2 Å². The average Bonchev–Trinajstić information content (AvgIpc) is 3.01. The van der Waals surface area contributed by atoms with Crippen LogP contribution in [0.3, 0.4) is 0 Å². The molecule has 0 radical (unpaired) electrons. The Morgan fingerprint density at radius 3 is 2.36 bits per heavy atom. The van der Waals surface area contributed by atoms with E-state index in [9.17, 15) is 19.8 Å². The van der Waals surface area contributed by atoms with E-state index < -0.39 is 11.9 Å². The summed E-state index contributed by atoms with van der Waals surface area (Å²) >= 11 is 11.5. The van der Waals surface area contributed by atoms with Crippen LogP contribution in [0.2, 0.25) is 0 Å². The fourth-order valence-corrected chi connectivity index (χ4v) is 3.86. The SMILES string of the molecule is CC=C(C(=O)O)C1=CC=CCC1=C(C(=O)O)C1C(C=C(Cl)Cl)C1(C)C. The highest BCUT2D eigenvalue weighted by atomic mass is 35.5. The summed E-state index contributed by atoms with van der Waals surface area (Å²) < 4.78 is 0.106. The molecule has 0 aliphatic heterocycles. The predicted molar refractivity (Wildman–Crippen MR) is 98.4 cm³/mol. The van der Waals surface area contributed by atoms with Crippen molar-refractivity contribution in [1.29, 1.82) is 0 Å². The summed E-state index contributed by atoms with van der Waals surface area (Å²) in [5.41, 5.74) is 0.986. The Morgan fingerprint density at radius 2 is 1.88 bits per heavy atom. The van der Waals surface area contributed by atoms with Gasteiger partial charge >= 0.3 is 11.9 Å². The van der Waals surface area contributed by atoms with Gasteiger partial charge in [0.25, 0.3) is 0 Å². The van der Waals surface area contributed by atoms with Crippen molar-refractivity contribution in [2.75, 3.05) is 0 Å². The van der Waals surface area contributed by atoms with E-state index in [2.05, 4.69) is 0 Å². The molecular weight excluding hydrogens is 363 g/mol. The van der Waals surface area contributed by atoms with Crippen molar-refractivity contribution >= 4 is 35.1 Å². The second kappa shape index (κ2) is 7.22. The molecule has 0 saturated heterocycles. The Morgan fingerprint density at radius 1 is 1.24 bits per heavy atom. The van der Waals surface area contributed by atoms with E-state index in [4.69, 9.17) is 23.2 Å². The lowest BCUT2D eigenvalue weighted by molar-refractivity contribution is -0.134. The van der Waals surface area contributed by atoms with Crippen molar-refractivity contribution < 1.29 is 19.8 Å². The van der Waals surface area contributed by atoms with Crippen LogP contribution in [0.4, 0.5) is 0 Å². The molecular formula is C19H20Cl2O4. The molecule has 0 heterocycles. The summed E-state index contributed by atoms with van der Waals surface area (Å²) in [7, 11) is 0. The van der Waals surface area contributed by atoms with Gasteiger partial charge in [0.1, 0.15) is 4.49 Å². The van der Waals surface area contributed by atoms with Gasteiger partial charge in [-0.3, -0.25) is 0 Å². The van der Waals surface area contributed by atoms with Gasteiger partial charge in [0.15, 0.2) is 0 Å². The summed E-state index contributed by atoms with van der Waals surface area (Å²) in [4.78, 5) is 23.6. The number of hydrogen-bond acceptors (Lipinski definition) is 2. The molecule has 2 N–H and O–H groups in total. The third-order valence-electron chi connectivity index (χ3n) is 4.94. The van der Waals surface area contributed by atoms with Gasteiger partial charge in [0.05, 0.1) is 5.57 Å². The number of aliphatic carboxylic acids is 2. The molecule has 1 saturated carbocycles. The topological polar surface area (TPSA) is 74.6 Å². The number of rotatable bonds is 5. The van der Waals surface area contributed by atoms with E-state index in [-0.39, 0.29) is 32.9 Å². The van der Waals surface area contributed by atoms with E-state index in [1.54, 1.807) is 25.2 Å². The van der Waals surface area contributed by atoms with Crippen molar-refractivity contribution in [2.45, 2.75) is 27.2 Å². The molecule has 0 aromatic carbocycles. The summed E-state index contributed by atoms with van der Waals surface area (Å²) in [6.07, 6.45) is 8.74. The van der Waals surface area contributed by atoms with Crippen molar-refractivity contribution in [3.63, 3.8) is 0 Å². The van der Waals surface area contributed by atoms with Crippen molar-refractivity contribution in [3.05, 3.63) is 57.2 Å². The molecule has 0 amide bonds. The molecule has 6 heteroatoms. The van der Waals surface area contributed by atoms with Gasteiger partial charge in [0.2, 0.25) is 0 Å². The maximum absolute atomic E-state index is 12.1. The lowest BCUT2D eigenvalue weighted by atomic mass is 9.85. The van der Waals surface area contributed by atoms with Crippen molar-refractivity contribution in [2.24, 2.45) is 17.3 Å². The first-order valence-electron chi connectivity index (χ1n) is 7.89. The maximum Gasteiger partial charge on any atom is 0.335 e. The predicted octanol–water partition coefficient (Wildman–Crippen LogP) is 4.88. The minimum Gasteiger partial charge on any atom is -0.478 e. The zero-order valence-corrected chi connectivity index (χ0v) is 15.7. The zero-order valence-electron chi connectivity index (χ0n) is 14.2. The molecule has 0 bridgehead atoms. The Labute approximate surface area is 156 Å². The van der Waals surface area contributed by atoms with Gasteiger partial charge in [-0.25, -0.2) is 9.59 Å². The summed E-state index contributed by atoms with van der Waals surface area (Å²) in [5, 5.41) is 19.3. The van der Waals surface area contributed by atoms with Gasteiger partial charge in [0, 0.05) is 11.5 Å². The van der Waals surface area contributed by atoms with Crippen LogP contribution in [0.1, 0.15) is 27.2 Å². The highest BCUT2D eigenvalue weighted by Crippen LogP contribution is 2.64. The molecule has 4 nitrogen and oxygen atoms in total. The van der Waals surface area contributed by atoms with Crippen LogP contribution in [-0.4, -0.2) is 22.2 Å². The highest BCUT2D eigenvalue weighted by Gasteiger charge is 2.60. The molecule has 2 aliphatic carbocycles. The van der Waals surface area contributed by atoms with Crippen molar-refractivity contribution in [3.8, 4) is 0 Å². The summed E-state index contributed by atoms with van der Waals surface area (Å²) in [6, 6.07) is 0. The minimum atomic E-state index is -1.08. The van der Waals surface area contributed by atoms with Crippen LogP contribution in [-0.2, 0) is 9.59 Å². The lowest BCUT2D eigenvalue weighted by Gasteiger charge is -2.19. The van der Waals surface area contributed by atoms with Gasteiger partial charge in [-0.1, -0.05) is 61.4 Å². The highest BCUT2D eigenvalue weighted by molar-refractivity contribution is 6.55. The fraction of sp³-hybridized carbons (Fsp3) is 0.368. The molecule has 1 fully saturated rings.